The van der Waals surface area contributed by atoms with Crippen LogP contribution in [0.5, 0.6) is 11.6 Å². The van der Waals surface area contributed by atoms with Crippen LogP contribution in [0.3, 0.4) is 0 Å². The summed E-state index contributed by atoms with van der Waals surface area (Å²) in [6.07, 6.45) is 2.50. The van der Waals surface area contributed by atoms with Gasteiger partial charge in [0.1, 0.15) is 17.2 Å². The molecule has 0 aliphatic carbocycles. The Hall–Kier alpha value is -1.61. The van der Waals surface area contributed by atoms with Crippen LogP contribution in [-0.4, -0.2) is 9.97 Å². The maximum Gasteiger partial charge on any atom is 0.227 e. The van der Waals surface area contributed by atoms with Crippen molar-refractivity contribution in [3.05, 3.63) is 46.9 Å². The van der Waals surface area contributed by atoms with Crippen molar-refractivity contribution >= 4 is 11.6 Å². The third-order valence-corrected chi connectivity index (χ3v) is 3.95. The van der Waals surface area contributed by atoms with Crippen LogP contribution in [0.25, 0.3) is 0 Å². The summed E-state index contributed by atoms with van der Waals surface area (Å²) in [6.45, 7) is 8.47. The summed E-state index contributed by atoms with van der Waals surface area (Å²) in [5, 5.41) is 0.455. The van der Waals surface area contributed by atoms with Crippen molar-refractivity contribution in [2.75, 3.05) is 0 Å². The van der Waals surface area contributed by atoms with Gasteiger partial charge < -0.3 is 4.74 Å². The number of benzene rings is 1. The fourth-order valence-corrected chi connectivity index (χ4v) is 2.57. The van der Waals surface area contributed by atoms with Crippen molar-refractivity contribution in [1.82, 2.24) is 9.97 Å². The van der Waals surface area contributed by atoms with Crippen molar-refractivity contribution in [2.24, 2.45) is 0 Å². The van der Waals surface area contributed by atoms with Crippen molar-refractivity contribution in [3.8, 4) is 11.6 Å². The smallest absolute Gasteiger partial charge is 0.227 e. The molecule has 0 aliphatic rings. The molecule has 2 aromatic rings. The lowest BCUT2D eigenvalue weighted by molar-refractivity contribution is 0.441. The molecule has 1 atom stereocenters. The molecule has 4 heteroatoms. The third-order valence-electron chi connectivity index (χ3n) is 3.65. The Balaban J connectivity index is 2.42. The standard InChI is InChI=1S/C17H21ClN2O/c1-5-12(4)13-8-6-7-9-14(13)21-17-15(11(2)3)16(18)19-10-20-17/h6-12H,5H2,1-4H3. The number of aromatic nitrogens is 2. The second-order valence-corrected chi connectivity index (χ2v) is 5.85. The Morgan fingerprint density at radius 2 is 1.86 bits per heavy atom. The molecule has 1 heterocycles. The van der Waals surface area contributed by atoms with E-state index in [1.165, 1.54) is 11.9 Å². The van der Waals surface area contributed by atoms with Gasteiger partial charge in [-0.05, 0) is 29.9 Å². The van der Waals surface area contributed by atoms with E-state index in [-0.39, 0.29) is 5.92 Å². The highest BCUT2D eigenvalue weighted by molar-refractivity contribution is 6.30. The van der Waals surface area contributed by atoms with E-state index in [2.05, 4.69) is 43.7 Å². The second kappa shape index (κ2) is 6.90. The van der Waals surface area contributed by atoms with Crippen molar-refractivity contribution in [2.45, 2.75) is 46.0 Å². The van der Waals surface area contributed by atoms with Crippen LogP contribution in [0.1, 0.15) is 57.1 Å². The van der Waals surface area contributed by atoms with Crippen molar-refractivity contribution < 1.29 is 4.74 Å². The van der Waals surface area contributed by atoms with Gasteiger partial charge in [-0.1, -0.05) is 57.5 Å². The van der Waals surface area contributed by atoms with Gasteiger partial charge in [0.15, 0.2) is 0 Å². The molecule has 1 aromatic carbocycles. The quantitative estimate of drug-likeness (QED) is 0.678. The summed E-state index contributed by atoms with van der Waals surface area (Å²) in [6, 6.07) is 8.08. The summed E-state index contributed by atoms with van der Waals surface area (Å²) < 4.78 is 6.07. The molecular weight excluding hydrogens is 284 g/mol. The summed E-state index contributed by atoms with van der Waals surface area (Å²) in [7, 11) is 0. The molecule has 3 nitrogen and oxygen atoms in total. The molecule has 0 N–H and O–H groups in total. The van der Waals surface area contributed by atoms with Crippen LogP contribution in [0, 0.1) is 0 Å². The summed E-state index contributed by atoms with van der Waals surface area (Å²) >= 11 is 6.19. The monoisotopic (exact) mass is 304 g/mol. The Labute approximate surface area is 131 Å². The molecule has 2 rings (SSSR count). The largest absolute Gasteiger partial charge is 0.438 e. The minimum Gasteiger partial charge on any atom is -0.438 e. The number of ether oxygens (including phenoxy) is 1. The molecule has 0 amide bonds. The van der Waals surface area contributed by atoms with E-state index >= 15 is 0 Å². The van der Waals surface area contributed by atoms with Gasteiger partial charge in [-0.3, -0.25) is 0 Å². The molecule has 0 fully saturated rings. The lowest BCUT2D eigenvalue weighted by atomic mass is 9.98. The van der Waals surface area contributed by atoms with E-state index in [1.807, 2.05) is 18.2 Å². The van der Waals surface area contributed by atoms with Gasteiger partial charge in [-0.15, -0.1) is 0 Å². The number of halogens is 1. The lowest BCUT2D eigenvalue weighted by Crippen LogP contribution is -2.02. The van der Waals surface area contributed by atoms with Crippen LogP contribution in [-0.2, 0) is 0 Å². The molecule has 0 spiro atoms. The molecule has 0 saturated carbocycles. The SMILES string of the molecule is CCC(C)c1ccccc1Oc1ncnc(Cl)c1C(C)C. The number of hydrogen-bond acceptors (Lipinski definition) is 3. The highest BCUT2D eigenvalue weighted by Gasteiger charge is 2.17. The van der Waals surface area contributed by atoms with E-state index in [1.54, 1.807) is 0 Å². The Kier molecular flexibility index (Phi) is 5.18. The average molecular weight is 305 g/mol. The van der Waals surface area contributed by atoms with E-state index < -0.39 is 0 Å². The maximum absolute atomic E-state index is 6.19. The summed E-state index contributed by atoms with van der Waals surface area (Å²) in [5.74, 6) is 2.01. The Morgan fingerprint density at radius 1 is 1.14 bits per heavy atom. The predicted octanol–water partition coefficient (Wildman–Crippen LogP) is 5.56. The zero-order valence-electron chi connectivity index (χ0n) is 12.9. The molecule has 21 heavy (non-hydrogen) atoms. The van der Waals surface area contributed by atoms with E-state index in [4.69, 9.17) is 16.3 Å². The summed E-state index contributed by atoms with van der Waals surface area (Å²) in [4.78, 5) is 8.32. The van der Waals surface area contributed by atoms with Crippen LogP contribution < -0.4 is 4.74 Å². The Morgan fingerprint density at radius 3 is 2.52 bits per heavy atom. The van der Waals surface area contributed by atoms with Crippen molar-refractivity contribution in [1.29, 1.82) is 0 Å². The van der Waals surface area contributed by atoms with E-state index in [9.17, 15) is 0 Å². The Bertz CT molecular complexity index is 613. The van der Waals surface area contributed by atoms with Gasteiger partial charge in [0, 0.05) is 0 Å². The molecule has 0 radical (unpaired) electrons. The first-order valence-corrected chi connectivity index (χ1v) is 7.69. The molecule has 0 saturated heterocycles. The molecular formula is C17H21ClN2O. The number of para-hydroxylation sites is 1. The first-order valence-electron chi connectivity index (χ1n) is 7.31. The number of rotatable bonds is 5. The fourth-order valence-electron chi connectivity index (χ4n) is 2.23. The summed E-state index contributed by atoms with van der Waals surface area (Å²) in [5.41, 5.74) is 2.03. The first-order chi connectivity index (χ1) is 10.0. The van der Waals surface area contributed by atoms with Crippen LogP contribution in [0.2, 0.25) is 5.15 Å². The minimum atomic E-state index is 0.199. The zero-order valence-corrected chi connectivity index (χ0v) is 13.7. The van der Waals surface area contributed by atoms with Gasteiger partial charge in [-0.25, -0.2) is 9.97 Å². The first kappa shape index (κ1) is 15.8. The van der Waals surface area contributed by atoms with E-state index in [0.29, 0.717) is 17.0 Å². The molecule has 1 aromatic heterocycles. The molecule has 0 bridgehead atoms. The average Bonchev–Trinajstić information content (AvgIpc) is 2.46. The van der Waals surface area contributed by atoms with Gasteiger partial charge in [0.05, 0.1) is 5.56 Å². The third kappa shape index (κ3) is 3.53. The highest BCUT2D eigenvalue weighted by Crippen LogP contribution is 2.36. The van der Waals surface area contributed by atoms with Crippen LogP contribution >= 0.6 is 11.6 Å². The van der Waals surface area contributed by atoms with E-state index in [0.717, 1.165) is 17.7 Å². The fraction of sp³-hybridized carbons (Fsp3) is 0.412. The normalized spacial score (nSPS) is 12.5. The molecule has 112 valence electrons. The number of hydrogen-bond donors (Lipinski definition) is 0. The minimum absolute atomic E-state index is 0.199. The lowest BCUT2D eigenvalue weighted by Gasteiger charge is -2.17. The number of nitrogens with zero attached hydrogens (tertiary/aromatic N) is 2. The van der Waals surface area contributed by atoms with Crippen LogP contribution in [0.15, 0.2) is 30.6 Å². The maximum atomic E-state index is 6.19. The molecule has 0 aliphatic heterocycles. The topological polar surface area (TPSA) is 35.0 Å². The molecule has 1 unspecified atom stereocenters. The van der Waals surface area contributed by atoms with Crippen LogP contribution in [0.4, 0.5) is 0 Å². The predicted molar refractivity (Wildman–Crippen MR) is 86.4 cm³/mol. The second-order valence-electron chi connectivity index (χ2n) is 5.49. The highest BCUT2D eigenvalue weighted by atomic mass is 35.5. The van der Waals surface area contributed by atoms with Gasteiger partial charge >= 0.3 is 0 Å². The van der Waals surface area contributed by atoms with Crippen molar-refractivity contribution in [3.63, 3.8) is 0 Å². The van der Waals surface area contributed by atoms with Gasteiger partial charge in [0.25, 0.3) is 0 Å². The zero-order chi connectivity index (χ0) is 15.4. The van der Waals surface area contributed by atoms with Gasteiger partial charge in [-0.2, -0.15) is 0 Å². The van der Waals surface area contributed by atoms with Gasteiger partial charge in [0.2, 0.25) is 5.88 Å².